The minimum Gasteiger partial charge on any atom is -0.486 e. The van der Waals surface area contributed by atoms with Crippen LogP contribution in [0.25, 0.3) is 0 Å². The van der Waals surface area contributed by atoms with Crippen molar-refractivity contribution in [3.63, 3.8) is 0 Å². The largest absolute Gasteiger partial charge is 0.486 e. The highest BCUT2D eigenvalue weighted by Gasteiger charge is 2.33. The maximum Gasteiger partial charge on any atom is 0.244 e. The van der Waals surface area contributed by atoms with E-state index in [0.717, 1.165) is 21.9 Å². The maximum absolute atomic E-state index is 13.9. The Morgan fingerprint density at radius 2 is 1.71 bits per heavy atom. The molecule has 38 heavy (non-hydrogen) atoms. The van der Waals surface area contributed by atoms with Gasteiger partial charge in [-0.1, -0.05) is 43.7 Å². The van der Waals surface area contributed by atoms with Crippen molar-refractivity contribution in [3.8, 4) is 11.5 Å². The van der Waals surface area contributed by atoms with E-state index < -0.39 is 28.5 Å². The number of sulfonamides is 1. The Kier molecular flexibility index (Phi) is 10.0. The van der Waals surface area contributed by atoms with Gasteiger partial charge in [-0.25, -0.2) is 8.42 Å². The molecule has 1 aliphatic rings. The predicted molar refractivity (Wildman–Crippen MR) is 148 cm³/mol. The lowest BCUT2D eigenvalue weighted by molar-refractivity contribution is -0.140. The summed E-state index contributed by atoms with van der Waals surface area (Å²) in [5.74, 6) is 0.0253. The quantitative estimate of drug-likeness (QED) is 0.437. The van der Waals surface area contributed by atoms with Crippen LogP contribution in [0.2, 0.25) is 0 Å². The van der Waals surface area contributed by atoms with Crippen molar-refractivity contribution in [2.75, 3.05) is 29.8 Å². The van der Waals surface area contributed by atoms with E-state index in [2.05, 4.69) is 5.32 Å². The summed E-state index contributed by atoms with van der Waals surface area (Å²) in [6, 6.07) is 11.7. The second kappa shape index (κ2) is 13.0. The standard InChI is InChI=1S/C28H39N3O6S/c1-6-21(5)29-28(33)24(7-2)30(18-22-11-9-10-20(4)16-22)27(32)19-31(38(34,35)8-3)23-12-13-25-26(17-23)37-15-14-36-25/h9-13,16-17,21,24H,6-8,14-15,18-19H2,1-5H3,(H,29,33)/t21-,24+/m0/s1. The van der Waals surface area contributed by atoms with Gasteiger partial charge in [0.1, 0.15) is 25.8 Å². The first-order valence-corrected chi connectivity index (χ1v) is 14.8. The third-order valence-electron chi connectivity index (χ3n) is 6.62. The summed E-state index contributed by atoms with van der Waals surface area (Å²) in [4.78, 5) is 28.6. The molecule has 1 aliphatic heterocycles. The molecule has 10 heteroatoms. The molecule has 2 aromatic rings. The molecule has 0 aliphatic carbocycles. The van der Waals surface area contributed by atoms with Crippen LogP contribution in [0.15, 0.2) is 42.5 Å². The zero-order chi connectivity index (χ0) is 27.9. The Hall–Kier alpha value is -3.27. The van der Waals surface area contributed by atoms with Crippen LogP contribution >= 0.6 is 0 Å². The van der Waals surface area contributed by atoms with Crippen LogP contribution in [-0.4, -0.2) is 62.7 Å². The lowest BCUT2D eigenvalue weighted by atomic mass is 10.1. The number of aryl methyl sites for hydroxylation is 1. The average Bonchev–Trinajstić information content (AvgIpc) is 2.91. The number of carbonyl (C=O) groups is 2. The number of anilines is 1. The van der Waals surface area contributed by atoms with Crippen LogP contribution in [0.5, 0.6) is 11.5 Å². The fourth-order valence-corrected chi connectivity index (χ4v) is 5.33. The molecule has 0 spiro atoms. The molecule has 0 unspecified atom stereocenters. The molecule has 3 rings (SSSR count). The number of nitrogens with one attached hydrogen (secondary N) is 1. The molecule has 0 saturated carbocycles. The Morgan fingerprint density at radius 1 is 1.00 bits per heavy atom. The Morgan fingerprint density at radius 3 is 2.34 bits per heavy atom. The fourth-order valence-electron chi connectivity index (χ4n) is 4.27. The van der Waals surface area contributed by atoms with E-state index >= 15 is 0 Å². The summed E-state index contributed by atoms with van der Waals surface area (Å²) < 4.78 is 38.7. The van der Waals surface area contributed by atoms with Gasteiger partial charge in [-0.05, 0) is 51.3 Å². The molecule has 1 heterocycles. The van der Waals surface area contributed by atoms with Gasteiger partial charge < -0.3 is 19.7 Å². The predicted octanol–water partition coefficient (Wildman–Crippen LogP) is 3.64. The number of carbonyl (C=O) groups excluding carboxylic acids is 2. The zero-order valence-corrected chi connectivity index (χ0v) is 23.7. The average molecular weight is 546 g/mol. The highest BCUT2D eigenvalue weighted by atomic mass is 32.2. The van der Waals surface area contributed by atoms with Gasteiger partial charge in [0.05, 0.1) is 11.4 Å². The van der Waals surface area contributed by atoms with Crippen LogP contribution in [0, 0.1) is 6.92 Å². The number of nitrogens with zero attached hydrogens (tertiary/aromatic N) is 2. The molecule has 2 aromatic carbocycles. The van der Waals surface area contributed by atoms with Crippen LogP contribution in [0.4, 0.5) is 5.69 Å². The van der Waals surface area contributed by atoms with Crippen molar-refractivity contribution in [2.24, 2.45) is 0 Å². The third kappa shape index (κ3) is 7.18. The molecule has 9 nitrogen and oxygen atoms in total. The molecule has 0 fully saturated rings. The van der Waals surface area contributed by atoms with E-state index in [1.54, 1.807) is 18.2 Å². The highest BCUT2D eigenvalue weighted by Crippen LogP contribution is 2.35. The van der Waals surface area contributed by atoms with Gasteiger partial charge in [0.2, 0.25) is 21.8 Å². The smallest absolute Gasteiger partial charge is 0.244 e. The van der Waals surface area contributed by atoms with Crippen LogP contribution in [-0.2, 0) is 26.2 Å². The molecule has 1 N–H and O–H groups in total. The van der Waals surface area contributed by atoms with Gasteiger partial charge >= 0.3 is 0 Å². The summed E-state index contributed by atoms with van der Waals surface area (Å²) in [6.45, 7) is 9.71. The van der Waals surface area contributed by atoms with E-state index in [4.69, 9.17) is 9.47 Å². The van der Waals surface area contributed by atoms with Crippen molar-refractivity contribution in [1.82, 2.24) is 10.2 Å². The first-order valence-electron chi connectivity index (χ1n) is 13.1. The number of rotatable bonds is 12. The molecule has 0 saturated heterocycles. The van der Waals surface area contributed by atoms with Gasteiger partial charge in [0.25, 0.3) is 0 Å². The molecule has 2 amide bonds. The van der Waals surface area contributed by atoms with E-state index in [0.29, 0.717) is 36.8 Å². The van der Waals surface area contributed by atoms with Gasteiger partial charge in [-0.15, -0.1) is 0 Å². The zero-order valence-electron chi connectivity index (χ0n) is 22.9. The number of hydrogen-bond donors (Lipinski definition) is 1. The van der Waals surface area contributed by atoms with Crippen molar-refractivity contribution in [1.29, 1.82) is 0 Å². The molecule has 208 valence electrons. The Balaban J connectivity index is 1.98. The summed E-state index contributed by atoms with van der Waals surface area (Å²) in [6.07, 6.45) is 1.13. The Bertz CT molecular complexity index is 1230. The lowest BCUT2D eigenvalue weighted by Crippen LogP contribution is -2.53. The summed E-state index contributed by atoms with van der Waals surface area (Å²) >= 11 is 0. The van der Waals surface area contributed by atoms with Crippen molar-refractivity contribution in [3.05, 3.63) is 53.6 Å². The lowest BCUT2D eigenvalue weighted by Gasteiger charge is -2.34. The van der Waals surface area contributed by atoms with Gasteiger partial charge in [-0.3, -0.25) is 13.9 Å². The van der Waals surface area contributed by atoms with Gasteiger partial charge in [0, 0.05) is 18.7 Å². The molecule has 2 atom stereocenters. The minimum atomic E-state index is -3.83. The maximum atomic E-state index is 13.9. The number of fused-ring (bicyclic) bond motifs is 1. The van der Waals surface area contributed by atoms with Crippen molar-refractivity contribution < 1.29 is 27.5 Å². The first kappa shape index (κ1) is 29.3. The van der Waals surface area contributed by atoms with Gasteiger partial charge in [0.15, 0.2) is 11.5 Å². The van der Waals surface area contributed by atoms with Crippen molar-refractivity contribution >= 4 is 27.5 Å². The fraction of sp³-hybridized carbons (Fsp3) is 0.500. The topological polar surface area (TPSA) is 105 Å². The molecular weight excluding hydrogens is 506 g/mol. The van der Waals surface area contributed by atoms with Crippen LogP contribution in [0.3, 0.4) is 0 Å². The van der Waals surface area contributed by atoms with Crippen LogP contribution in [0.1, 0.15) is 51.7 Å². The van der Waals surface area contributed by atoms with Gasteiger partial charge in [-0.2, -0.15) is 0 Å². The SMILES string of the molecule is CC[C@H](C(=O)N[C@@H](C)CC)N(Cc1cccc(C)c1)C(=O)CN(c1ccc2c(c1)OCCO2)S(=O)(=O)CC. The second-order valence-corrected chi connectivity index (χ2v) is 11.7. The van der Waals surface area contributed by atoms with Crippen LogP contribution < -0.4 is 19.1 Å². The van der Waals surface area contributed by atoms with E-state index in [1.165, 1.54) is 11.8 Å². The summed E-state index contributed by atoms with van der Waals surface area (Å²) in [5.41, 5.74) is 2.19. The third-order valence-corrected chi connectivity index (χ3v) is 8.36. The number of amides is 2. The number of benzene rings is 2. The van der Waals surface area contributed by atoms with E-state index in [1.807, 2.05) is 52.0 Å². The summed E-state index contributed by atoms with van der Waals surface area (Å²) in [5, 5.41) is 2.98. The molecule has 0 bridgehead atoms. The Labute approximate surface area is 226 Å². The van der Waals surface area contributed by atoms with E-state index in [-0.39, 0.29) is 24.2 Å². The number of ether oxygens (including phenoxy) is 2. The molecular formula is C28H39N3O6S. The van der Waals surface area contributed by atoms with Crippen molar-refractivity contribution in [2.45, 2.75) is 66.1 Å². The normalized spacial score (nSPS) is 14.3. The minimum absolute atomic E-state index is 0.0536. The first-order chi connectivity index (χ1) is 18.1. The second-order valence-electron chi connectivity index (χ2n) is 9.49. The molecule has 0 radical (unpaired) electrons. The van der Waals surface area contributed by atoms with E-state index in [9.17, 15) is 18.0 Å². The molecule has 0 aromatic heterocycles. The highest BCUT2D eigenvalue weighted by molar-refractivity contribution is 7.92. The number of hydrogen-bond acceptors (Lipinski definition) is 6. The summed E-state index contributed by atoms with van der Waals surface area (Å²) in [7, 11) is -3.83. The monoisotopic (exact) mass is 545 g/mol.